The third-order valence-corrected chi connectivity index (χ3v) is 4.82. The zero-order valence-electron chi connectivity index (χ0n) is 15.4. The van der Waals surface area contributed by atoms with E-state index in [4.69, 9.17) is 16.3 Å². The van der Waals surface area contributed by atoms with Crippen LogP contribution in [0.25, 0.3) is 0 Å². The number of hydrogen-bond acceptors (Lipinski definition) is 2. The van der Waals surface area contributed by atoms with Crippen molar-refractivity contribution in [1.29, 1.82) is 0 Å². The monoisotopic (exact) mass is 379 g/mol. The number of nitrogens with one attached hydrogen (secondary N) is 1. The van der Waals surface area contributed by atoms with E-state index in [9.17, 15) is 4.79 Å². The number of halogens is 1. The van der Waals surface area contributed by atoms with Crippen LogP contribution in [0.15, 0.2) is 72.8 Å². The van der Waals surface area contributed by atoms with Gasteiger partial charge in [-0.25, -0.2) is 0 Å². The first-order chi connectivity index (χ1) is 13.0. The van der Waals surface area contributed by atoms with Crippen LogP contribution in [0.3, 0.4) is 0 Å². The fraction of sp³-hybridized carbons (Fsp3) is 0.174. The number of hydrogen-bond donors (Lipinski definition) is 1. The highest BCUT2D eigenvalue weighted by atomic mass is 35.5. The van der Waals surface area contributed by atoms with Gasteiger partial charge in [0.15, 0.2) is 0 Å². The second-order valence-corrected chi connectivity index (χ2v) is 6.87. The van der Waals surface area contributed by atoms with Crippen molar-refractivity contribution in [2.75, 3.05) is 0 Å². The zero-order valence-corrected chi connectivity index (χ0v) is 16.2. The lowest BCUT2D eigenvalue weighted by Crippen LogP contribution is -2.27. The summed E-state index contributed by atoms with van der Waals surface area (Å²) < 4.78 is 5.81. The van der Waals surface area contributed by atoms with E-state index in [1.54, 1.807) is 12.1 Å². The fourth-order valence-electron chi connectivity index (χ4n) is 2.93. The maximum atomic E-state index is 12.6. The molecule has 0 radical (unpaired) electrons. The number of benzene rings is 3. The molecule has 138 valence electrons. The summed E-state index contributed by atoms with van der Waals surface area (Å²) in [5.41, 5.74) is 3.73. The van der Waals surface area contributed by atoms with Gasteiger partial charge in [0.2, 0.25) is 0 Å². The molecule has 0 aliphatic carbocycles. The summed E-state index contributed by atoms with van der Waals surface area (Å²) in [6, 6.07) is 22.7. The maximum Gasteiger partial charge on any atom is 0.251 e. The van der Waals surface area contributed by atoms with Crippen LogP contribution < -0.4 is 10.1 Å². The number of amides is 1. The van der Waals surface area contributed by atoms with Crippen LogP contribution in [0, 0.1) is 6.92 Å². The fourth-order valence-corrected chi connectivity index (χ4v) is 3.12. The zero-order chi connectivity index (χ0) is 19.2. The Morgan fingerprint density at radius 3 is 2.56 bits per heavy atom. The van der Waals surface area contributed by atoms with E-state index >= 15 is 0 Å². The first-order valence-corrected chi connectivity index (χ1v) is 9.25. The second kappa shape index (κ2) is 8.74. The third kappa shape index (κ3) is 4.89. The van der Waals surface area contributed by atoms with Gasteiger partial charge in [0.05, 0.1) is 6.04 Å². The van der Waals surface area contributed by atoms with Crippen molar-refractivity contribution < 1.29 is 9.53 Å². The molecule has 0 spiro atoms. The van der Waals surface area contributed by atoms with Crippen molar-refractivity contribution in [3.63, 3.8) is 0 Å². The van der Waals surface area contributed by atoms with Crippen LogP contribution in [0.2, 0.25) is 5.02 Å². The summed E-state index contributed by atoms with van der Waals surface area (Å²) in [4.78, 5) is 12.6. The van der Waals surface area contributed by atoms with Crippen LogP contribution >= 0.6 is 11.6 Å². The third-order valence-electron chi connectivity index (χ3n) is 4.45. The molecular weight excluding hydrogens is 358 g/mol. The second-order valence-electron chi connectivity index (χ2n) is 6.46. The van der Waals surface area contributed by atoms with Gasteiger partial charge >= 0.3 is 0 Å². The van der Waals surface area contributed by atoms with Crippen LogP contribution in [-0.4, -0.2) is 5.91 Å². The molecule has 0 unspecified atom stereocenters. The highest BCUT2D eigenvalue weighted by Crippen LogP contribution is 2.21. The molecule has 1 amide bonds. The van der Waals surface area contributed by atoms with E-state index < -0.39 is 0 Å². The van der Waals surface area contributed by atoms with Crippen molar-refractivity contribution in [2.24, 2.45) is 0 Å². The Kier molecular flexibility index (Phi) is 6.15. The van der Waals surface area contributed by atoms with Gasteiger partial charge in [-0.15, -0.1) is 0 Å². The summed E-state index contributed by atoms with van der Waals surface area (Å²) in [6.45, 7) is 4.38. The molecule has 0 bridgehead atoms. The number of ether oxygens (including phenoxy) is 1. The predicted molar refractivity (Wildman–Crippen MR) is 109 cm³/mol. The molecule has 0 saturated carbocycles. The van der Waals surface area contributed by atoms with Gasteiger partial charge in [-0.05, 0) is 49.2 Å². The van der Waals surface area contributed by atoms with Crippen molar-refractivity contribution in [3.05, 3.63) is 100 Å². The number of carbonyl (C=O) groups is 1. The SMILES string of the molecule is Cc1ccccc1[C@H](C)NC(=O)c1cccc(OCc2ccccc2Cl)c1. The average Bonchev–Trinajstić information content (AvgIpc) is 2.68. The smallest absolute Gasteiger partial charge is 0.251 e. The minimum absolute atomic E-state index is 0.0774. The quantitative estimate of drug-likeness (QED) is 0.595. The lowest BCUT2D eigenvalue weighted by Gasteiger charge is -2.17. The predicted octanol–water partition coefficient (Wildman–Crippen LogP) is 5.72. The molecule has 3 aromatic rings. The van der Waals surface area contributed by atoms with E-state index in [1.165, 1.54) is 0 Å². The van der Waals surface area contributed by atoms with Gasteiger partial charge in [0.1, 0.15) is 12.4 Å². The Balaban J connectivity index is 1.67. The van der Waals surface area contributed by atoms with Gasteiger partial charge in [0, 0.05) is 16.1 Å². The van der Waals surface area contributed by atoms with E-state index in [2.05, 4.69) is 5.32 Å². The number of rotatable bonds is 6. The van der Waals surface area contributed by atoms with Crippen molar-refractivity contribution in [2.45, 2.75) is 26.5 Å². The molecular formula is C23H22ClNO2. The van der Waals surface area contributed by atoms with E-state index in [-0.39, 0.29) is 11.9 Å². The highest BCUT2D eigenvalue weighted by molar-refractivity contribution is 6.31. The first-order valence-electron chi connectivity index (χ1n) is 8.87. The normalized spacial score (nSPS) is 11.7. The Hall–Kier alpha value is -2.78. The van der Waals surface area contributed by atoms with E-state index in [0.717, 1.165) is 16.7 Å². The molecule has 1 atom stereocenters. The van der Waals surface area contributed by atoms with Gasteiger partial charge in [-0.3, -0.25) is 4.79 Å². The molecule has 3 nitrogen and oxygen atoms in total. The lowest BCUT2D eigenvalue weighted by atomic mass is 10.0. The Bertz CT molecular complexity index is 939. The Morgan fingerprint density at radius 1 is 1.04 bits per heavy atom. The Morgan fingerprint density at radius 2 is 1.78 bits per heavy atom. The molecule has 0 fully saturated rings. The summed E-state index contributed by atoms with van der Waals surface area (Å²) in [7, 11) is 0. The van der Waals surface area contributed by atoms with E-state index in [1.807, 2.05) is 74.5 Å². The molecule has 27 heavy (non-hydrogen) atoms. The van der Waals surface area contributed by atoms with Crippen molar-refractivity contribution in [1.82, 2.24) is 5.32 Å². The molecule has 0 saturated heterocycles. The van der Waals surface area contributed by atoms with Crippen LogP contribution in [0.1, 0.15) is 40.0 Å². The van der Waals surface area contributed by atoms with Gasteiger partial charge in [-0.1, -0.05) is 60.1 Å². The molecule has 0 aromatic heterocycles. The molecule has 4 heteroatoms. The van der Waals surface area contributed by atoms with E-state index in [0.29, 0.717) is 22.9 Å². The Labute approximate surface area is 164 Å². The summed E-state index contributed by atoms with van der Waals surface area (Å²) in [5.74, 6) is 0.500. The molecule has 3 rings (SSSR count). The summed E-state index contributed by atoms with van der Waals surface area (Å²) in [6.07, 6.45) is 0. The van der Waals surface area contributed by atoms with Crippen molar-refractivity contribution >= 4 is 17.5 Å². The molecule has 0 heterocycles. The van der Waals surface area contributed by atoms with Crippen LogP contribution in [0.4, 0.5) is 0 Å². The van der Waals surface area contributed by atoms with Gasteiger partial charge in [0.25, 0.3) is 5.91 Å². The summed E-state index contributed by atoms with van der Waals surface area (Å²) >= 11 is 6.16. The number of carbonyl (C=O) groups excluding carboxylic acids is 1. The average molecular weight is 380 g/mol. The minimum Gasteiger partial charge on any atom is -0.489 e. The van der Waals surface area contributed by atoms with Crippen LogP contribution in [-0.2, 0) is 6.61 Å². The molecule has 1 N–H and O–H groups in total. The summed E-state index contributed by atoms with van der Waals surface area (Å²) in [5, 5.41) is 3.71. The largest absolute Gasteiger partial charge is 0.489 e. The van der Waals surface area contributed by atoms with Gasteiger partial charge < -0.3 is 10.1 Å². The van der Waals surface area contributed by atoms with Crippen LogP contribution in [0.5, 0.6) is 5.75 Å². The first kappa shape index (κ1) is 19.0. The topological polar surface area (TPSA) is 38.3 Å². The molecule has 0 aliphatic rings. The maximum absolute atomic E-state index is 12.6. The standard InChI is InChI=1S/C23H22ClNO2/c1-16-8-3-5-12-21(16)17(2)25-23(26)18-10-7-11-20(14-18)27-15-19-9-4-6-13-22(19)24/h3-14,17H,15H2,1-2H3,(H,25,26)/t17-/m0/s1. The number of aryl methyl sites for hydroxylation is 1. The molecule has 3 aromatic carbocycles. The minimum atomic E-state index is -0.131. The highest BCUT2D eigenvalue weighted by Gasteiger charge is 2.13. The lowest BCUT2D eigenvalue weighted by molar-refractivity contribution is 0.0939. The van der Waals surface area contributed by atoms with Crippen molar-refractivity contribution in [3.8, 4) is 5.75 Å². The molecule has 0 aliphatic heterocycles. The van der Waals surface area contributed by atoms with Gasteiger partial charge in [-0.2, -0.15) is 0 Å².